The summed E-state index contributed by atoms with van der Waals surface area (Å²) < 4.78 is 11.6. The molecule has 0 heterocycles. The minimum absolute atomic E-state index is 0.0678. The first-order chi connectivity index (χ1) is 8.93. The number of hydrogen-bond donors (Lipinski definition) is 2. The van der Waals surface area contributed by atoms with E-state index in [1.165, 1.54) is 0 Å². The van der Waals surface area contributed by atoms with Crippen LogP contribution in [0, 0.1) is 0 Å². The number of rotatable bonds is 7. The van der Waals surface area contributed by atoms with Crippen molar-refractivity contribution in [2.45, 2.75) is 25.8 Å². The summed E-state index contributed by atoms with van der Waals surface area (Å²) in [6.07, 6.45) is 0.910. The molecule has 4 N–H and O–H groups in total. The van der Waals surface area contributed by atoms with Gasteiger partial charge in [-0.15, -0.1) is 0 Å². The lowest BCUT2D eigenvalue weighted by Gasteiger charge is -2.15. The van der Waals surface area contributed by atoms with Crippen LogP contribution in [0.4, 0.5) is 0 Å². The maximum atomic E-state index is 10.7. The third-order valence-electron chi connectivity index (χ3n) is 2.44. The highest BCUT2D eigenvalue weighted by Gasteiger charge is 2.12. The van der Waals surface area contributed by atoms with Gasteiger partial charge in [0.2, 0.25) is 5.91 Å². The van der Waals surface area contributed by atoms with Crippen molar-refractivity contribution >= 4 is 21.8 Å². The molecule has 0 saturated carbocycles. The highest BCUT2D eigenvalue weighted by molar-refractivity contribution is 9.10. The van der Waals surface area contributed by atoms with E-state index < -0.39 is 5.91 Å². The number of amides is 1. The second kappa shape index (κ2) is 7.35. The van der Waals surface area contributed by atoms with Gasteiger partial charge < -0.3 is 20.9 Å². The fraction of sp³-hybridized carbons (Fsp3) is 0.462. The molecule has 0 aliphatic heterocycles. The van der Waals surface area contributed by atoms with Crippen molar-refractivity contribution in [3.63, 3.8) is 0 Å². The number of nitrogens with two attached hydrogens (primary N) is 2. The molecule has 5 nitrogen and oxygen atoms in total. The minimum atomic E-state index is -0.399. The van der Waals surface area contributed by atoms with Gasteiger partial charge in [-0.1, -0.05) is 0 Å². The maximum absolute atomic E-state index is 10.7. The third-order valence-corrected chi connectivity index (χ3v) is 3.03. The Morgan fingerprint density at radius 2 is 2.16 bits per heavy atom. The predicted octanol–water partition coefficient (Wildman–Crippen LogP) is 1.60. The van der Waals surface area contributed by atoms with E-state index in [4.69, 9.17) is 20.9 Å². The van der Waals surface area contributed by atoms with Crippen LogP contribution in [0.3, 0.4) is 0 Å². The number of carbonyl (C=O) groups excluding carboxylic acids is 1. The Morgan fingerprint density at radius 3 is 2.68 bits per heavy atom. The van der Waals surface area contributed by atoms with E-state index >= 15 is 0 Å². The van der Waals surface area contributed by atoms with E-state index in [-0.39, 0.29) is 19.1 Å². The molecule has 0 aliphatic rings. The summed E-state index contributed by atoms with van der Waals surface area (Å²) >= 11 is 3.43. The predicted molar refractivity (Wildman–Crippen MR) is 77.4 cm³/mol. The molecule has 106 valence electrons. The Morgan fingerprint density at radius 1 is 1.47 bits per heavy atom. The molecule has 1 rings (SSSR count). The van der Waals surface area contributed by atoms with Crippen LogP contribution >= 0.6 is 15.9 Å². The second-order valence-electron chi connectivity index (χ2n) is 4.36. The van der Waals surface area contributed by atoms with Crippen LogP contribution in [0.1, 0.15) is 18.9 Å². The lowest BCUT2D eigenvalue weighted by atomic mass is 10.1. The monoisotopic (exact) mass is 330 g/mol. The molecule has 0 fully saturated rings. The van der Waals surface area contributed by atoms with Crippen LogP contribution in [0.2, 0.25) is 0 Å². The standard InChI is InChI=1S/C13H19BrN2O3/c1-8(15)5-9-6-10(14)13(11(7-9)18-2)19-4-3-12(16)17/h6-8H,3-5,15H2,1-2H3,(H2,16,17). The van der Waals surface area contributed by atoms with Crippen molar-refractivity contribution in [2.75, 3.05) is 13.7 Å². The van der Waals surface area contributed by atoms with E-state index in [0.717, 1.165) is 16.5 Å². The third kappa shape index (κ3) is 5.08. The molecular weight excluding hydrogens is 312 g/mol. The Kier molecular flexibility index (Phi) is 6.11. The number of methoxy groups -OCH3 is 1. The van der Waals surface area contributed by atoms with Crippen LogP contribution < -0.4 is 20.9 Å². The summed E-state index contributed by atoms with van der Waals surface area (Å²) in [6, 6.07) is 3.89. The van der Waals surface area contributed by atoms with Crippen LogP contribution in [0.15, 0.2) is 16.6 Å². The van der Waals surface area contributed by atoms with Gasteiger partial charge in [0.15, 0.2) is 11.5 Å². The van der Waals surface area contributed by atoms with E-state index in [0.29, 0.717) is 11.5 Å². The van der Waals surface area contributed by atoms with Crippen molar-refractivity contribution in [1.82, 2.24) is 0 Å². The lowest BCUT2D eigenvalue weighted by molar-refractivity contribution is -0.118. The molecule has 0 saturated heterocycles. The van der Waals surface area contributed by atoms with Crippen LogP contribution in [-0.4, -0.2) is 25.7 Å². The molecule has 1 unspecified atom stereocenters. The highest BCUT2D eigenvalue weighted by atomic mass is 79.9. The summed E-state index contributed by atoms with van der Waals surface area (Å²) in [5.41, 5.74) is 11.9. The summed E-state index contributed by atoms with van der Waals surface area (Å²) in [4.78, 5) is 10.7. The fourth-order valence-electron chi connectivity index (χ4n) is 1.66. The van der Waals surface area contributed by atoms with Gasteiger partial charge in [-0.2, -0.15) is 0 Å². The zero-order valence-electron chi connectivity index (χ0n) is 11.1. The van der Waals surface area contributed by atoms with Gasteiger partial charge in [-0.05, 0) is 47.0 Å². The van der Waals surface area contributed by atoms with Gasteiger partial charge in [0.05, 0.1) is 24.6 Å². The molecule has 1 aromatic carbocycles. The number of primary amides is 1. The Labute approximate surface area is 121 Å². The minimum Gasteiger partial charge on any atom is -0.493 e. The van der Waals surface area contributed by atoms with Crippen molar-refractivity contribution in [1.29, 1.82) is 0 Å². The Hall–Kier alpha value is -1.27. The topological polar surface area (TPSA) is 87.6 Å². The number of hydrogen-bond acceptors (Lipinski definition) is 4. The molecule has 1 atom stereocenters. The van der Waals surface area contributed by atoms with Crippen molar-refractivity contribution < 1.29 is 14.3 Å². The van der Waals surface area contributed by atoms with Gasteiger partial charge in [-0.25, -0.2) is 0 Å². The average molecular weight is 331 g/mol. The Bertz CT molecular complexity index is 450. The molecule has 1 aromatic rings. The van der Waals surface area contributed by atoms with Crippen molar-refractivity contribution in [3.8, 4) is 11.5 Å². The summed E-state index contributed by atoms with van der Waals surface area (Å²) in [6.45, 7) is 2.16. The molecule has 1 amide bonds. The summed E-state index contributed by atoms with van der Waals surface area (Å²) in [5.74, 6) is 0.773. The Balaban J connectivity index is 2.88. The van der Waals surface area contributed by atoms with Gasteiger partial charge in [0.25, 0.3) is 0 Å². The first kappa shape index (κ1) is 15.8. The lowest BCUT2D eigenvalue weighted by Crippen LogP contribution is -2.18. The van der Waals surface area contributed by atoms with E-state index in [1.807, 2.05) is 19.1 Å². The smallest absolute Gasteiger partial charge is 0.220 e. The molecule has 19 heavy (non-hydrogen) atoms. The normalized spacial score (nSPS) is 12.0. The second-order valence-corrected chi connectivity index (χ2v) is 5.21. The van der Waals surface area contributed by atoms with Crippen LogP contribution in [0.25, 0.3) is 0 Å². The summed E-state index contributed by atoms with van der Waals surface area (Å²) in [5, 5.41) is 0. The molecular formula is C13H19BrN2O3. The van der Waals surface area contributed by atoms with Crippen LogP contribution in [-0.2, 0) is 11.2 Å². The largest absolute Gasteiger partial charge is 0.493 e. The molecule has 0 aromatic heterocycles. The SMILES string of the molecule is COc1cc(CC(C)N)cc(Br)c1OCCC(N)=O. The molecule has 6 heteroatoms. The van der Waals surface area contributed by atoms with Crippen molar-refractivity contribution in [2.24, 2.45) is 11.5 Å². The fourth-order valence-corrected chi connectivity index (χ4v) is 2.26. The van der Waals surface area contributed by atoms with Crippen molar-refractivity contribution in [3.05, 3.63) is 22.2 Å². The van der Waals surface area contributed by atoms with E-state index in [1.54, 1.807) is 7.11 Å². The summed E-state index contributed by atoms with van der Waals surface area (Å²) in [7, 11) is 1.57. The quantitative estimate of drug-likeness (QED) is 0.794. The molecule has 0 aliphatic carbocycles. The van der Waals surface area contributed by atoms with Gasteiger partial charge >= 0.3 is 0 Å². The number of ether oxygens (including phenoxy) is 2. The zero-order valence-corrected chi connectivity index (χ0v) is 12.7. The molecule has 0 spiro atoms. The zero-order chi connectivity index (χ0) is 14.4. The molecule has 0 radical (unpaired) electrons. The van der Waals surface area contributed by atoms with Crippen LogP contribution in [0.5, 0.6) is 11.5 Å². The molecule has 0 bridgehead atoms. The van der Waals surface area contributed by atoms with Gasteiger partial charge in [0.1, 0.15) is 0 Å². The van der Waals surface area contributed by atoms with E-state index in [9.17, 15) is 4.79 Å². The average Bonchev–Trinajstić information content (AvgIpc) is 2.30. The highest BCUT2D eigenvalue weighted by Crippen LogP contribution is 2.37. The van der Waals surface area contributed by atoms with E-state index in [2.05, 4.69) is 15.9 Å². The maximum Gasteiger partial charge on any atom is 0.220 e. The van der Waals surface area contributed by atoms with Gasteiger partial charge in [-0.3, -0.25) is 4.79 Å². The number of halogens is 1. The first-order valence-corrected chi connectivity index (χ1v) is 6.76. The number of carbonyl (C=O) groups is 1. The van der Waals surface area contributed by atoms with Gasteiger partial charge in [0, 0.05) is 6.04 Å². The first-order valence-electron chi connectivity index (χ1n) is 5.97. The number of benzene rings is 1.